The number of amides is 1. The third-order valence-electron chi connectivity index (χ3n) is 4.09. The zero-order valence-electron chi connectivity index (χ0n) is 14.2. The molecular weight excluding hydrogens is 331 g/mol. The molecule has 0 aliphatic carbocycles. The Hall–Kier alpha value is -1.47. The second-order valence-electron chi connectivity index (χ2n) is 6.64. The predicted octanol–water partition coefficient (Wildman–Crippen LogP) is 2.53. The maximum Gasteiger partial charge on any atom is 0.241 e. The molecule has 1 aromatic rings. The molecule has 1 aromatic carbocycles. The summed E-state index contributed by atoms with van der Waals surface area (Å²) in [5, 5.41) is 0. The predicted molar refractivity (Wildman–Crippen MR) is 90.4 cm³/mol. The van der Waals surface area contributed by atoms with E-state index in [-0.39, 0.29) is 16.7 Å². The number of benzene rings is 1. The second kappa shape index (κ2) is 8.07. The summed E-state index contributed by atoms with van der Waals surface area (Å²) < 4.78 is 40.6. The van der Waals surface area contributed by atoms with Crippen LogP contribution in [0.4, 0.5) is 4.39 Å². The minimum atomic E-state index is -3.87. The van der Waals surface area contributed by atoms with Gasteiger partial charge in [0.05, 0.1) is 4.90 Å². The molecule has 1 fully saturated rings. The van der Waals surface area contributed by atoms with Crippen LogP contribution in [0.5, 0.6) is 0 Å². The smallest absolute Gasteiger partial charge is 0.241 e. The van der Waals surface area contributed by atoms with Gasteiger partial charge in [0, 0.05) is 13.1 Å². The minimum absolute atomic E-state index is 0.0379. The first-order chi connectivity index (χ1) is 11.3. The van der Waals surface area contributed by atoms with Crippen molar-refractivity contribution in [2.75, 3.05) is 13.1 Å². The number of nitrogens with zero attached hydrogens (tertiary/aromatic N) is 1. The second-order valence-corrected chi connectivity index (χ2v) is 8.36. The average Bonchev–Trinajstić information content (AvgIpc) is 2.54. The highest BCUT2D eigenvalue weighted by Gasteiger charge is 2.30. The first-order valence-electron chi connectivity index (χ1n) is 8.36. The minimum Gasteiger partial charge on any atom is -0.341 e. The van der Waals surface area contributed by atoms with Crippen LogP contribution in [0.25, 0.3) is 0 Å². The van der Waals surface area contributed by atoms with E-state index >= 15 is 0 Å². The van der Waals surface area contributed by atoms with Crippen molar-refractivity contribution >= 4 is 15.9 Å². The third-order valence-corrected chi connectivity index (χ3v) is 5.58. The molecule has 24 heavy (non-hydrogen) atoms. The Morgan fingerprint density at radius 1 is 1.17 bits per heavy atom. The molecule has 1 aliphatic heterocycles. The number of halogens is 1. The van der Waals surface area contributed by atoms with E-state index in [1.54, 1.807) is 4.90 Å². The average molecular weight is 356 g/mol. The third kappa shape index (κ3) is 5.01. The highest BCUT2D eigenvalue weighted by atomic mass is 32.2. The molecule has 0 spiro atoms. The van der Waals surface area contributed by atoms with E-state index in [1.807, 2.05) is 13.8 Å². The fourth-order valence-corrected chi connectivity index (χ4v) is 4.08. The van der Waals surface area contributed by atoms with Gasteiger partial charge < -0.3 is 4.90 Å². The molecule has 1 heterocycles. The fraction of sp³-hybridized carbons (Fsp3) is 0.588. The van der Waals surface area contributed by atoms with E-state index in [0.717, 1.165) is 31.4 Å². The summed E-state index contributed by atoms with van der Waals surface area (Å²) in [7, 11) is -3.87. The Kier molecular flexibility index (Phi) is 6.34. The highest BCUT2D eigenvalue weighted by molar-refractivity contribution is 7.89. The highest BCUT2D eigenvalue weighted by Crippen LogP contribution is 2.17. The SMILES string of the molecule is CC(C)C[C@@H](NS(=O)(=O)c1ccc(F)cc1)C(=O)N1CCCCC1. The van der Waals surface area contributed by atoms with Crippen LogP contribution in [0.1, 0.15) is 39.5 Å². The number of piperidine rings is 1. The summed E-state index contributed by atoms with van der Waals surface area (Å²) in [6, 6.07) is 3.81. The van der Waals surface area contributed by atoms with Gasteiger partial charge in [-0.15, -0.1) is 0 Å². The van der Waals surface area contributed by atoms with Crippen LogP contribution in [0.2, 0.25) is 0 Å². The summed E-state index contributed by atoms with van der Waals surface area (Å²) in [6.07, 6.45) is 3.42. The van der Waals surface area contributed by atoms with Gasteiger partial charge in [0.2, 0.25) is 15.9 Å². The maximum absolute atomic E-state index is 13.0. The largest absolute Gasteiger partial charge is 0.341 e. The van der Waals surface area contributed by atoms with E-state index in [0.29, 0.717) is 19.5 Å². The standard InChI is InChI=1S/C17H25FN2O3S/c1-13(2)12-16(17(21)20-10-4-3-5-11-20)19-24(22,23)15-8-6-14(18)7-9-15/h6-9,13,16,19H,3-5,10-12H2,1-2H3/t16-/m1/s1. The molecule has 0 bridgehead atoms. The molecule has 0 saturated carbocycles. The van der Waals surface area contributed by atoms with Crippen molar-refractivity contribution in [1.29, 1.82) is 0 Å². The monoisotopic (exact) mass is 356 g/mol. The lowest BCUT2D eigenvalue weighted by Crippen LogP contribution is -2.50. The lowest BCUT2D eigenvalue weighted by Gasteiger charge is -2.31. The van der Waals surface area contributed by atoms with Gasteiger partial charge in [0.25, 0.3) is 0 Å². The van der Waals surface area contributed by atoms with E-state index in [4.69, 9.17) is 0 Å². The van der Waals surface area contributed by atoms with E-state index in [9.17, 15) is 17.6 Å². The zero-order valence-corrected chi connectivity index (χ0v) is 15.0. The van der Waals surface area contributed by atoms with Crippen molar-refractivity contribution in [3.05, 3.63) is 30.1 Å². The van der Waals surface area contributed by atoms with Crippen molar-refractivity contribution in [3.63, 3.8) is 0 Å². The normalized spacial score (nSPS) is 17.1. The molecule has 1 N–H and O–H groups in total. The van der Waals surface area contributed by atoms with Crippen LogP contribution >= 0.6 is 0 Å². The van der Waals surface area contributed by atoms with Crippen LogP contribution in [-0.2, 0) is 14.8 Å². The van der Waals surface area contributed by atoms with Crippen molar-refractivity contribution < 1.29 is 17.6 Å². The summed E-state index contributed by atoms with van der Waals surface area (Å²) in [6.45, 7) is 5.24. The molecule has 5 nitrogen and oxygen atoms in total. The van der Waals surface area contributed by atoms with E-state index in [1.165, 1.54) is 12.1 Å². The number of rotatable bonds is 6. The van der Waals surface area contributed by atoms with E-state index in [2.05, 4.69) is 4.72 Å². The van der Waals surface area contributed by atoms with Gasteiger partial charge in [0.1, 0.15) is 11.9 Å². The van der Waals surface area contributed by atoms with Crippen LogP contribution in [0, 0.1) is 11.7 Å². The van der Waals surface area contributed by atoms with Crippen molar-refractivity contribution in [1.82, 2.24) is 9.62 Å². The molecule has 134 valence electrons. The van der Waals surface area contributed by atoms with Crippen LogP contribution in [0.15, 0.2) is 29.2 Å². The first kappa shape index (κ1) is 18.9. The van der Waals surface area contributed by atoms with Crippen LogP contribution in [0.3, 0.4) is 0 Å². The Morgan fingerprint density at radius 2 is 1.75 bits per heavy atom. The number of hydrogen-bond donors (Lipinski definition) is 1. The molecule has 1 aliphatic rings. The van der Waals surface area contributed by atoms with Crippen molar-refractivity contribution in [2.24, 2.45) is 5.92 Å². The number of hydrogen-bond acceptors (Lipinski definition) is 3. The Bertz CT molecular complexity index is 653. The molecule has 0 radical (unpaired) electrons. The van der Waals surface area contributed by atoms with Crippen molar-refractivity contribution in [2.45, 2.75) is 50.5 Å². The van der Waals surface area contributed by atoms with Gasteiger partial charge in [-0.25, -0.2) is 12.8 Å². The number of carbonyl (C=O) groups is 1. The molecule has 1 atom stereocenters. The summed E-state index contributed by atoms with van der Waals surface area (Å²) in [5.74, 6) is -0.509. The molecule has 7 heteroatoms. The van der Waals surface area contributed by atoms with Crippen molar-refractivity contribution in [3.8, 4) is 0 Å². The summed E-state index contributed by atoms with van der Waals surface area (Å²) in [5.41, 5.74) is 0. The molecule has 1 saturated heterocycles. The lowest BCUT2D eigenvalue weighted by atomic mass is 10.0. The topological polar surface area (TPSA) is 66.5 Å². The zero-order chi connectivity index (χ0) is 17.7. The van der Waals surface area contributed by atoms with Gasteiger partial charge >= 0.3 is 0 Å². The first-order valence-corrected chi connectivity index (χ1v) is 9.84. The quantitative estimate of drug-likeness (QED) is 0.852. The summed E-state index contributed by atoms with van der Waals surface area (Å²) in [4.78, 5) is 14.4. The van der Waals surface area contributed by atoms with Gasteiger partial charge in [-0.2, -0.15) is 4.72 Å². The maximum atomic E-state index is 13.0. The van der Waals surface area contributed by atoms with Crippen LogP contribution in [-0.4, -0.2) is 38.4 Å². The van der Waals surface area contributed by atoms with E-state index < -0.39 is 21.9 Å². The molecule has 2 rings (SSSR count). The molecule has 1 amide bonds. The molecule has 0 unspecified atom stereocenters. The Balaban J connectivity index is 2.17. The molecular formula is C17H25FN2O3S. The Labute approximate surface area is 143 Å². The number of carbonyl (C=O) groups excluding carboxylic acids is 1. The van der Waals surface area contributed by atoms with Gasteiger partial charge in [0.15, 0.2) is 0 Å². The number of likely N-dealkylation sites (tertiary alicyclic amines) is 1. The van der Waals surface area contributed by atoms with Gasteiger partial charge in [-0.05, 0) is 55.9 Å². The molecule has 0 aromatic heterocycles. The number of nitrogens with one attached hydrogen (secondary N) is 1. The number of sulfonamides is 1. The van der Waals surface area contributed by atoms with Gasteiger partial charge in [-0.1, -0.05) is 13.8 Å². The van der Waals surface area contributed by atoms with Gasteiger partial charge in [-0.3, -0.25) is 4.79 Å². The Morgan fingerprint density at radius 3 is 2.29 bits per heavy atom. The summed E-state index contributed by atoms with van der Waals surface area (Å²) >= 11 is 0. The fourth-order valence-electron chi connectivity index (χ4n) is 2.87. The lowest BCUT2D eigenvalue weighted by molar-refractivity contribution is -0.134. The van der Waals surface area contributed by atoms with Crippen LogP contribution < -0.4 is 4.72 Å².